The molecule has 0 radical (unpaired) electrons. The Morgan fingerprint density at radius 3 is 2.60 bits per heavy atom. The summed E-state index contributed by atoms with van der Waals surface area (Å²) in [6.07, 6.45) is 1.27. The molecule has 2 aliphatic heterocycles. The Morgan fingerprint density at radius 2 is 1.89 bits per heavy atom. The van der Waals surface area contributed by atoms with Crippen LogP contribution < -0.4 is 10.2 Å². The van der Waals surface area contributed by atoms with Crippen molar-refractivity contribution >= 4 is 75.2 Å². The number of nitrogens with zero attached hydrogens (tertiary/aromatic N) is 3. The van der Waals surface area contributed by atoms with Gasteiger partial charge in [-0.3, -0.25) is 29.4 Å². The second-order valence-electron chi connectivity index (χ2n) is 7.51. The molecule has 182 valence electrons. The summed E-state index contributed by atoms with van der Waals surface area (Å²) < 4.78 is 5.37. The lowest BCUT2D eigenvalue weighted by atomic mass is 10.2. The lowest BCUT2D eigenvalue weighted by molar-refractivity contribution is -0.384. The van der Waals surface area contributed by atoms with Crippen molar-refractivity contribution in [3.63, 3.8) is 0 Å². The minimum atomic E-state index is -0.703. The Kier molecular flexibility index (Phi) is 7.60. The molecular formula is C22H18Cl2N4O6S. The second-order valence-corrected chi connectivity index (χ2v) is 9.32. The van der Waals surface area contributed by atoms with Crippen LogP contribution in [0.5, 0.6) is 0 Å². The highest BCUT2D eigenvalue weighted by atomic mass is 35.5. The highest BCUT2D eigenvalue weighted by molar-refractivity contribution is 8.18. The van der Waals surface area contributed by atoms with Crippen LogP contribution in [0.2, 0.25) is 10.0 Å². The van der Waals surface area contributed by atoms with Gasteiger partial charge in [0, 0.05) is 29.7 Å². The van der Waals surface area contributed by atoms with Crippen molar-refractivity contribution in [1.82, 2.24) is 4.90 Å². The molecule has 2 aromatic rings. The average molecular weight is 537 g/mol. The first-order valence-corrected chi connectivity index (χ1v) is 11.9. The van der Waals surface area contributed by atoms with Crippen LogP contribution in [-0.4, -0.2) is 59.7 Å². The van der Waals surface area contributed by atoms with Crippen LogP contribution in [0, 0.1) is 10.1 Å². The Labute approximate surface area is 213 Å². The first-order valence-electron chi connectivity index (χ1n) is 10.3. The molecule has 0 saturated carbocycles. The lowest BCUT2D eigenvalue weighted by Gasteiger charge is -2.30. The van der Waals surface area contributed by atoms with Crippen LogP contribution in [0.4, 0.5) is 21.9 Å². The number of anilines is 2. The quantitative estimate of drug-likeness (QED) is 0.327. The molecule has 0 unspecified atom stereocenters. The van der Waals surface area contributed by atoms with E-state index in [0.29, 0.717) is 43.8 Å². The standard InChI is InChI=1S/C22H18Cl2N4O6S/c23-14-11-15(24)18(28(32)33)9-13(14)10-19-21(30)27(22(31)35-19)12-20(29)25-16-3-1-2-4-17(16)26-5-7-34-8-6-26/h1-4,9-11H,5-8,12H2,(H,25,29). The molecule has 35 heavy (non-hydrogen) atoms. The van der Waals surface area contributed by atoms with E-state index in [4.69, 9.17) is 27.9 Å². The number of nitro groups is 1. The molecule has 2 aromatic carbocycles. The van der Waals surface area contributed by atoms with Gasteiger partial charge in [0.05, 0.1) is 34.4 Å². The number of carbonyl (C=O) groups is 3. The van der Waals surface area contributed by atoms with Crippen molar-refractivity contribution < 1.29 is 24.0 Å². The maximum atomic E-state index is 12.8. The third kappa shape index (κ3) is 5.59. The summed E-state index contributed by atoms with van der Waals surface area (Å²) in [5, 5.41) is 13.2. The van der Waals surface area contributed by atoms with E-state index >= 15 is 0 Å². The summed E-state index contributed by atoms with van der Waals surface area (Å²) in [7, 11) is 0. The molecule has 0 spiro atoms. The molecule has 2 fully saturated rings. The van der Waals surface area contributed by atoms with E-state index in [1.165, 1.54) is 12.1 Å². The average Bonchev–Trinajstić information content (AvgIpc) is 3.08. The van der Waals surface area contributed by atoms with Crippen LogP contribution in [-0.2, 0) is 14.3 Å². The maximum absolute atomic E-state index is 12.8. The Balaban J connectivity index is 1.49. The predicted octanol–water partition coefficient (Wildman–Crippen LogP) is 4.41. The number of amides is 3. The fourth-order valence-electron chi connectivity index (χ4n) is 3.57. The van der Waals surface area contributed by atoms with E-state index in [0.717, 1.165) is 16.7 Å². The third-order valence-electron chi connectivity index (χ3n) is 5.25. The fourth-order valence-corrected chi connectivity index (χ4v) is 4.91. The normalized spacial score (nSPS) is 17.3. The van der Waals surface area contributed by atoms with Crippen molar-refractivity contribution in [3.8, 4) is 0 Å². The van der Waals surface area contributed by atoms with Gasteiger partial charge in [0.1, 0.15) is 11.6 Å². The number of carbonyl (C=O) groups excluding carboxylic acids is 3. The van der Waals surface area contributed by atoms with Crippen molar-refractivity contribution in [2.24, 2.45) is 0 Å². The van der Waals surface area contributed by atoms with Gasteiger partial charge in [-0.1, -0.05) is 35.3 Å². The first kappa shape index (κ1) is 25.0. The van der Waals surface area contributed by atoms with Gasteiger partial charge in [-0.25, -0.2) is 0 Å². The summed E-state index contributed by atoms with van der Waals surface area (Å²) in [6, 6.07) is 9.56. The van der Waals surface area contributed by atoms with E-state index in [1.54, 1.807) is 12.1 Å². The largest absolute Gasteiger partial charge is 0.378 e. The zero-order valence-corrected chi connectivity index (χ0v) is 20.4. The van der Waals surface area contributed by atoms with Gasteiger partial charge in [-0.05, 0) is 36.0 Å². The zero-order valence-electron chi connectivity index (χ0n) is 18.0. The molecule has 2 aliphatic rings. The molecule has 13 heteroatoms. The zero-order chi connectivity index (χ0) is 25.1. The Hall–Kier alpha value is -3.12. The molecule has 10 nitrogen and oxygen atoms in total. The number of para-hydroxylation sites is 2. The SMILES string of the molecule is O=C(CN1C(=O)SC(=Cc2cc([N+](=O)[O-])c(Cl)cc2Cl)C1=O)Nc1ccccc1N1CCOCC1. The van der Waals surface area contributed by atoms with Crippen LogP contribution in [0.1, 0.15) is 5.56 Å². The third-order valence-corrected chi connectivity index (χ3v) is 6.79. The Morgan fingerprint density at radius 1 is 1.17 bits per heavy atom. The number of benzene rings is 2. The van der Waals surface area contributed by atoms with Crippen LogP contribution in [0.3, 0.4) is 0 Å². The molecule has 3 amide bonds. The molecule has 0 aromatic heterocycles. The number of hydrogen-bond acceptors (Lipinski definition) is 8. The van der Waals surface area contributed by atoms with Gasteiger partial charge in [0.25, 0.3) is 16.8 Å². The number of morpholine rings is 1. The van der Waals surface area contributed by atoms with Gasteiger partial charge in [0.15, 0.2) is 0 Å². The minimum Gasteiger partial charge on any atom is -0.378 e. The number of hydrogen-bond donors (Lipinski definition) is 1. The van der Waals surface area contributed by atoms with Crippen molar-refractivity contribution in [1.29, 1.82) is 0 Å². The number of nitro benzene ring substituents is 1. The molecule has 4 rings (SSSR count). The summed E-state index contributed by atoms with van der Waals surface area (Å²) in [5.41, 5.74) is 1.14. The number of nitrogens with one attached hydrogen (secondary N) is 1. The summed E-state index contributed by atoms with van der Waals surface area (Å²) in [5.74, 6) is -1.25. The van der Waals surface area contributed by atoms with Gasteiger partial charge in [-0.15, -0.1) is 0 Å². The molecular weight excluding hydrogens is 519 g/mol. The number of halogens is 2. The van der Waals surface area contributed by atoms with Crippen LogP contribution >= 0.6 is 35.0 Å². The molecule has 2 saturated heterocycles. The van der Waals surface area contributed by atoms with Crippen molar-refractivity contribution in [2.75, 3.05) is 43.1 Å². The molecule has 0 aliphatic carbocycles. The highest BCUT2D eigenvalue weighted by Gasteiger charge is 2.36. The lowest BCUT2D eigenvalue weighted by Crippen LogP contribution is -2.38. The molecule has 2 heterocycles. The van der Waals surface area contributed by atoms with Gasteiger partial charge >= 0.3 is 0 Å². The van der Waals surface area contributed by atoms with Gasteiger partial charge < -0.3 is 15.0 Å². The first-order chi connectivity index (χ1) is 16.7. The minimum absolute atomic E-state index is 0.0185. The van der Waals surface area contributed by atoms with E-state index in [9.17, 15) is 24.5 Å². The smallest absolute Gasteiger partial charge is 0.294 e. The number of imide groups is 1. The van der Waals surface area contributed by atoms with E-state index < -0.39 is 28.5 Å². The maximum Gasteiger partial charge on any atom is 0.294 e. The van der Waals surface area contributed by atoms with E-state index in [2.05, 4.69) is 10.2 Å². The Bertz CT molecular complexity index is 1250. The number of thioether (sulfide) groups is 1. The highest BCUT2D eigenvalue weighted by Crippen LogP contribution is 2.36. The van der Waals surface area contributed by atoms with Gasteiger partial charge in [0.2, 0.25) is 5.91 Å². The number of rotatable bonds is 6. The predicted molar refractivity (Wildman–Crippen MR) is 134 cm³/mol. The fraction of sp³-hybridized carbons (Fsp3) is 0.227. The van der Waals surface area contributed by atoms with Crippen LogP contribution in [0.25, 0.3) is 6.08 Å². The van der Waals surface area contributed by atoms with E-state index in [1.807, 2.05) is 12.1 Å². The molecule has 1 N–H and O–H groups in total. The second kappa shape index (κ2) is 10.6. The van der Waals surface area contributed by atoms with E-state index in [-0.39, 0.29) is 26.2 Å². The van der Waals surface area contributed by atoms with Crippen molar-refractivity contribution in [2.45, 2.75) is 0 Å². The van der Waals surface area contributed by atoms with Crippen LogP contribution in [0.15, 0.2) is 41.3 Å². The number of ether oxygens (including phenoxy) is 1. The summed E-state index contributed by atoms with van der Waals surface area (Å²) >= 11 is 12.6. The van der Waals surface area contributed by atoms with Gasteiger partial charge in [-0.2, -0.15) is 0 Å². The summed E-state index contributed by atoms with van der Waals surface area (Å²) in [6.45, 7) is 2.00. The van der Waals surface area contributed by atoms with Crippen molar-refractivity contribution in [3.05, 3.63) is 67.0 Å². The molecule has 0 atom stereocenters. The monoisotopic (exact) mass is 536 g/mol. The topological polar surface area (TPSA) is 122 Å². The summed E-state index contributed by atoms with van der Waals surface area (Å²) in [4.78, 5) is 51.4. The molecule has 0 bridgehead atoms.